The number of rotatable bonds is 5. The molecule has 0 unspecified atom stereocenters. The maximum atomic E-state index is 14.3. The predicted octanol–water partition coefficient (Wildman–Crippen LogP) is 4.02. The molecule has 1 aliphatic heterocycles. The third kappa shape index (κ3) is 3.96. The Morgan fingerprint density at radius 1 is 1.13 bits per heavy atom. The molecule has 0 bridgehead atoms. The lowest BCUT2D eigenvalue weighted by atomic mass is 9.88. The van der Waals surface area contributed by atoms with E-state index in [1.54, 1.807) is 42.5 Å². The van der Waals surface area contributed by atoms with Crippen LogP contribution in [0.1, 0.15) is 43.4 Å². The smallest absolute Gasteiger partial charge is 0.442 e. The van der Waals surface area contributed by atoms with Gasteiger partial charge in [-0.15, -0.1) is 0 Å². The highest BCUT2D eigenvalue weighted by molar-refractivity contribution is 6.16. The highest BCUT2D eigenvalue weighted by atomic mass is 19.4. The summed E-state index contributed by atoms with van der Waals surface area (Å²) in [5, 5.41) is 1.99. The number of furan rings is 1. The minimum absolute atomic E-state index is 0.164. The van der Waals surface area contributed by atoms with Crippen LogP contribution in [0.2, 0.25) is 0 Å². The number of halogens is 3. The summed E-state index contributed by atoms with van der Waals surface area (Å²) < 4.78 is 48.3. The number of carbonyl (C=O) groups is 2. The maximum absolute atomic E-state index is 14.3. The molecule has 0 saturated heterocycles. The Morgan fingerprint density at radius 3 is 2.45 bits per heavy atom. The Bertz CT molecular complexity index is 967. The molecule has 2 aromatic rings. The number of nitrogens with zero attached hydrogens (tertiary/aromatic N) is 2. The first-order valence-electron chi connectivity index (χ1n) is 10.2. The molecule has 6 nitrogen and oxygen atoms in total. The molecular weight excluding hydrogens is 411 g/mol. The average molecular weight is 433 g/mol. The average Bonchev–Trinajstić information content (AvgIpc) is 3.37. The minimum Gasteiger partial charge on any atom is -0.467 e. The Balaban J connectivity index is 1.75. The molecule has 0 spiro atoms. The van der Waals surface area contributed by atoms with Crippen molar-refractivity contribution in [2.75, 3.05) is 0 Å². The lowest BCUT2D eigenvalue weighted by Gasteiger charge is -2.31. The molecule has 1 aliphatic carbocycles. The van der Waals surface area contributed by atoms with E-state index in [0.29, 0.717) is 24.2 Å². The molecule has 2 aliphatic rings. The molecule has 4 rings (SSSR count). The summed E-state index contributed by atoms with van der Waals surface area (Å²) in [6.07, 6.45) is -0.259. The second-order valence-electron chi connectivity index (χ2n) is 7.80. The molecule has 1 aromatic heterocycles. The van der Waals surface area contributed by atoms with Gasteiger partial charge in [0.15, 0.2) is 0 Å². The van der Waals surface area contributed by atoms with Crippen molar-refractivity contribution in [2.45, 2.75) is 50.5 Å². The minimum atomic E-state index is -5.12. The fourth-order valence-corrected chi connectivity index (χ4v) is 4.05. The SMILES string of the molecule is O=C(N[C@@]1(C(F)(F)F)N=C(c2ccccc2)N(Cc2ccco2)C1=O)C1CCCCC1. The van der Waals surface area contributed by atoms with Crippen LogP contribution in [0.5, 0.6) is 0 Å². The van der Waals surface area contributed by atoms with Gasteiger partial charge in [-0.2, -0.15) is 13.2 Å². The highest BCUT2D eigenvalue weighted by Gasteiger charge is 2.67. The zero-order valence-corrected chi connectivity index (χ0v) is 16.7. The van der Waals surface area contributed by atoms with Crippen molar-refractivity contribution in [3.8, 4) is 0 Å². The van der Waals surface area contributed by atoms with E-state index in [4.69, 9.17) is 4.42 Å². The fourth-order valence-electron chi connectivity index (χ4n) is 4.05. The van der Waals surface area contributed by atoms with E-state index in [0.717, 1.165) is 24.2 Å². The van der Waals surface area contributed by atoms with Crippen LogP contribution in [0.25, 0.3) is 0 Å². The molecule has 1 fully saturated rings. The molecule has 2 amide bonds. The monoisotopic (exact) mass is 433 g/mol. The number of benzene rings is 1. The number of amidine groups is 1. The summed E-state index contributed by atoms with van der Waals surface area (Å²) in [5.74, 6) is -2.56. The topological polar surface area (TPSA) is 74.9 Å². The van der Waals surface area contributed by atoms with Crippen LogP contribution < -0.4 is 5.32 Å². The summed E-state index contributed by atoms with van der Waals surface area (Å²) >= 11 is 0. The van der Waals surface area contributed by atoms with Gasteiger partial charge in [-0.25, -0.2) is 4.99 Å². The molecular formula is C22H22F3N3O3. The number of amides is 2. The molecule has 2 heterocycles. The van der Waals surface area contributed by atoms with Crippen molar-refractivity contribution in [1.29, 1.82) is 0 Å². The van der Waals surface area contributed by atoms with Crippen molar-refractivity contribution in [3.05, 3.63) is 60.1 Å². The quantitative estimate of drug-likeness (QED) is 0.774. The Morgan fingerprint density at radius 2 is 1.84 bits per heavy atom. The van der Waals surface area contributed by atoms with E-state index >= 15 is 0 Å². The van der Waals surface area contributed by atoms with E-state index in [2.05, 4.69) is 4.99 Å². The van der Waals surface area contributed by atoms with Gasteiger partial charge >= 0.3 is 11.8 Å². The second kappa shape index (κ2) is 8.20. The predicted molar refractivity (Wildman–Crippen MR) is 106 cm³/mol. The number of aliphatic imine (C=N–C) groups is 1. The number of hydrogen-bond acceptors (Lipinski definition) is 4. The molecule has 31 heavy (non-hydrogen) atoms. The van der Waals surface area contributed by atoms with Crippen LogP contribution in [0.4, 0.5) is 13.2 Å². The van der Waals surface area contributed by atoms with E-state index in [9.17, 15) is 22.8 Å². The molecule has 9 heteroatoms. The molecule has 1 atom stereocenters. The second-order valence-corrected chi connectivity index (χ2v) is 7.80. The first kappa shape index (κ1) is 21.1. The number of carbonyl (C=O) groups excluding carboxylic acids is 2. The van der Waals surface area contributed by atoms with Gasteiger partial charge in [0.2, 0.25) is 5.91 Å². The van der Waals surface area contributed by atoms with E-state index in [-0.39, 0.29) is 12.4 Å². The van der Waals surface area contributed by atoms with Gasteiger partial charge in [0, 0.05) is 11.5 Å². The fraction of sp³-hybridized carbons (Fsp3) is 0.409. The zero-order valence-electron chi connectivity index (χ0n) is 16.7. The number of hydrogen-bond donors (Lipinski definition) is 1. The lowest BCUT2D eigenvalue weighted by Crippen LogP contribution is -2.64. The summed E-state index contributed by atoms with van der Waals surface area (Å²) in [4.78, 5) is 30.7. The molecule has 1 aromatic carbocycles. The first-order chi connectivity index (χ1) is 14.8. The van der Waals surface area contributed by atoms with Gasteiger partial charge in [0.05, 0.1) is 12.8 Å². The van der Waals surface area contributed by atoms with Crippen LogP contribution in [0, 0.1) is 5.92 Å². The van der Waals surface area contributed by atoms with Gasteiger partial charge in [-0.05, 0) is 25.0 Å². The van der Waals surface area contributed by atoms with Gasteiger partial charge in [0.1, 0.15) is 11.6 Å². The highest BCUT2D eigenvalue weighted by Crippen LogP contribution is 2.39. The third-order valence-electron chi connectivity index (χ3n) is 5.70. The van der Waals surface area contributed by atoms with Crippen LogP contribution in [-0.4, -0.2) is 34.4 Å². The largest absolute Gasteiger partial charge is 0.467 e. The molecule has 1 N–H and O–H groups in total. The maximum Gasteiger partial charge on any atom is 0.442 e. The van der Waals surface area contributed by atoms with E-state index in [1.807, 2.05) is 5.32 Å². The van der Waals surface area contributed by atoms with Crippen molar-refractivity contribution in [2.24, 2.45) is 10.9 Å². The Kier molecular flexibility index (Phi) is 5.60. The Labute approximate surface area is 177 Å². The van der Waals surface area contributed by atoms with Gasteiger partial charge in [-0.1, -0.05) is 49.6 Å². The molecule has 164 valence electrons. The molecule has 0 radical (unpaired) electrons. The summed E-state index contributed by atoms with van der Waals surface area (Å²) in [5.41, 5.74) is -3.03. The van der Waals surface area contributed by atoms with Crippen LogP contribution in [0.15, 0.2) is 58.1 Å². The zero-order chi connectivity index (χ0) is 22.1. The van der Waals surface area contributed by atoms with Crippen molar-refractivity contribution >= 4 is 17.6 Å². The van der Waals surface area contributed by atoms with Crippen molar-refractivity contribution in [3.63, 3.8) is 0 Å². The van der Waals surface area contributed by atoms with Crippen LogP contribution in [0.3, 0.4) is 0 Å². The van der Waals surface area contributed by atoms with Crippen molar-refractivity contribution < 1.29 is 27.2 Å². The van der Waals surface area contributed by atoms with Gasteiger partial charge in [-0.3, -0.25) is 14.5 Å². The van der Waals surface area contributed by atoms with Gasteiger partial charge < -0.3 is 9.73 Å². The van der Waals surface area contributed by atoms with E-state index < -0.39 is 29.6 Å². The third-order valence-corrected chi connectivity index (χ3v) is 5.70. The summed E-state index contributed by atoms with van der Waals surface area (Å²) in [6.45, 7) is -0.239. The van der Waals surface area contributed by atoms with Crippen molar-refractivity contribution in [1.82, 2.24) is 10.2 Å². The van der Waals surface area contributed by atoms with Crippen LogP contribution in [-0.2, 0) is 16.1 Å². The Hall–Kier alpha value is -3.10. The van der Waals surface area contributed by atoms with Gasteiger partial charge in [0.25, 0.3) is 5.91 Å². The number of nitrogens with one attached hydrogen (secondary N) is 1. The number of alkyl halides is 3. The van der Waals surface area contributed by atoms with Crippen LogP contribution >= 0.6 is 0 Å². The summed E-state index contributed by atoms with van der Waals surface area (Å²) in [7, 11) is 0. The molecule has 1 saturated carbocycles. The normalized spacial score (nSPS) is 22.5. The first-order valence-corrected chi connectivity index (χ1v) is 10.2. The standard InChI is InChI=1S/C22H22F3N3O3/c23-22(24,25)21(27-19(29)16-10-5-2-6-11-16)20(30)28(14-17-12-7-13-31-17)18(26-21)15-8-3-1-4-9-15/h1,3-4,7-9,12-13,16H,2,5-6,10-11,14H2,(H,27,29)/t21-/m0/s1. The van der Waals surface area contributed by atoms with E-state index in [1.165, 1.54) is 6.26 Å². The summed E-state index contributed by atoms with van der Waals surface area (Å²) in [6, 6.07) is 11.3. The lowest BCUT2D eigenvalue weighted by molar-refractivity contribution is -0.201.